The summed E-state index contributed by atoms with van der Waals surface area (Å²) in [6.45, 7) is 6.05. The number of ether oxygens (including phenoxy) is 1. The predicted molar refractivity (Wildman–Crippen MR) is 124 cm³/mol. The Labute approximate surface area is 186 Å². The van der Waals surface area contributed by atoms with Crippen LogP contribution in [0.2, 0.25) is 0 Å². The van der Waals surface area contributed by atoms with Crippen LogP contribution in [0, 0.1) is 6.92 Å². The van der Waals surface area contributed by atoms with Crippen molar-refractivity contribution in [2.75, 3.05) is 42.3 Å². The van der Waals surface area contributed by atoms with Gasteiger partial charge in [0.15, 0.2) is 0 Å². The van der Waals surface area contributed by atoms with Crippen LogP contribution in [0.3, 0.4) is 0 Å². The lowest BCUT2D eigenvalue weighted by molar-refractivity contribution is 0.0342. The number of hydrogen-bond acceptors (Lipinski definition) is 7. The molecule has 0 bridgehead atoms. The van der Waals surface area contributed by atoms with E-state index in [4.69, 9.17) is 4.74 Å². The number of nitrogens with one attached hydrogen (secondary N) is 3. The van der Waals surface area contributed by atoms with Gasteiger partial charge in [-0.25, -0.2) is 4.98 Å². The lowest BCUT2D eigenvalue weighted by atomic mass is 10.1. The van der Waals surface area contributed by atoms with Gasteiger partial charge in [0.2, 0.25) is 0 Å². The topological polar surface area (TPSA) is 98.8 Å². The van der Waals surface area contributed by atoms with Crippen molar-refractivity contribution in [1.29, 1.82) is 0 Å². The van der Waals surface area contributed by atoms with E-state index in [1.165, 1.54) is 0 Å². The monoisotopic (exact) mass is 431 g/mol. The van der Waals surface area contributed by atoms with Crippen molar-refractivity contribution in [3.63, 3.8) is 0 Å². The summed E-state index contributed by atoms with van der Waals surface area (Å²) < 4.78 is 5.43. The van der Waals surface area contributed by atoms with Crippen molar-refractivity contribution in [2.45, 2.75) is 13.5 Å². The third-order valence-electron chi connectivity index (χ3n) is 5.76. The third kappa shape index (κ3) is 4.10. The van der Waals surface area contributed by atoms with Gasteiger partial charge in [-0.2, -0.15) is 0 Å². The Hall–Kier alpha value is -3.62. The predicted octanol–water partition coefficient (Wildman–Crippen LogP) is 3.98. The molecule has 2 aliphatic heterocycles. The Kier molecular flexibility index (Phi) is 5.38. The van der Waals surface area contributed by atoms with E-state index in [-0.39, 0.29) is 11.7 Å². The number of pyridine rings is 1. The molecule has 3 heterocycles. The van der Waals surface area contributed by atoms with Crippen molar-refractivity contribution in [3.05, 3.63) is 65.4 Å². The number of hydrogen-bond donors (Lipinski definition) is 4. The van der Waals surface area contributed by atoms with Gasteiger partial charge in [-0.1, -0.05) is 12.1 Å². The minimum Gasteiger partial charge on any atom is -0.508 e. The van der Waals surface area contributed by atoms with Crippen LogP contribution >= 0.6 is 0 Å². The van der Waals surface area contributed by atoms with E-state index in [0.717, 1.165) is 61.0 Å². The lowest BCUT2D eigenvalue weighted by Gasteiger charge is -2.26. The first-order chi connectivity index (χ1) is 15.6. The van der Waals surface area contributed by atoms with Gasteiger partial charge in [0.1, 0.15) is 17.1 Å². The highest BCUT2D eigenvalue weighted by Crippen LogP contribution is 2.36. The van der Waals surface area contributed by atoms with Crippen molar-refractivity contribution < 1.29 is 14.6 Å². The maximum Gasteiger partial charge on any atom is 0.261 e. The zero-order valence-corrected chi connectivity index (χ0v) is 17.8. The largest absolute Gasteiger partial charge is 0.508 e. The molecule has 0 unspecified atom stereocenters. The van der Waals surface area contributed by atoms with Gasteiger partial charge in [-0.3, -0.25) is 9.69 Å². The van der Waals surface area contributed by atoms with E-state index in [1.54, 1.807) is 24.4 Å². The smallest absolute Gasteiger partial charge is 0.261 e. The van der Waals surface area contributed by atoms with Gasteiger partial charge < -0.3 is 25.8 Å². The van der Waals surface area contributed by atoms with E-state index in [2.05, 4.69) is 31.9 Å². The van der Waals surface area contributed by atoms with Crippen LogP contribution in [0.15, 0.2) is 48.7 Å². The van der Waals surface area contributed by atoms with Gasteiger partial charge in [0.05, 0.1) is 30.3 Å². The molecule has 5 rings (SSSR count). The van der Waals surface area contributed by atoms with Gasteiger partial charge in [0.25, 0.3) is 5.91 Å². The van der Waals surface area contributed by atoms with Crippen molar-refractivity contribution in [3.8, 4) is 5.75 Å². The van der Waals surface area contributed by atoms with Gasteiger partial charge in [-0.05, 0) is 42.3 Å². The Morgan fingerprint density at radius 2 is 1.91 bits per heavy atom. The van der Waals surface area contributed by atoms with Gasteiger partial charge in [0, 0.05) is 37.6 Å². The van der Waals surface area contributed by atoms with Gasteiger partial charge in [-0.15, -0.1) is 0 Å². The van der Waals surface area contributed by atoms with Crippen molar-refractivity contribution in [2.24, 2.45) is 0 Å². The molecule has 32 heavy (non-hydrogen) atoms. The van der Waals surface area contributed by atoms with Crippen molar-refractivity contribution >= 4 is 34.5 Å². The number of aryl methyl sites for hydroxylation is 1. The average Bonchev–Trinajstić information content (AvgIpc) is 2.93. The van der Waals surface area contributed by atoms with Gasteiger partial charge >= 0.3 is 0 Å². The molecular weight excluding hydrogens is 406 g/mol. The number of rotatable bonds is 4. The molecule has 0 saturated carbocycles. The normalized spacial score (nSPS) is 15.7. The number of benzene rings is 2. The maximum atomic E-state index is 13.2. The van der Waals surface area contributed by atoms with E-state index in [9.17, 15) is 9.90 Å². The molecule has 1 fully saturated rings. The molecule has 164 valence electrons. The molecule has 0 radical (unpaired) electrons. The summed E-state index contributed by atoms with van der Waals surface area (Å²) in [5.74, 6) is 0.384. The standard InChI is InChI=1S/C24H25N5O3/c1-15-2-4-17(30)13-20(15)26-19-6-7-25-23-22(19)24(31)28-21-12-16(3-5-18(21)27-23)14-29-8-10-32-11-9-29/h2-7,12-13,30H,8-11,14H2,1H3,(H,28,31)(H2,25,26,27). The van der Waals surface area contributed by atoms with E-state index >= 15 is 0 Å². The summed E-state index contributed by atoms with van der Waals surface area (Å²) in [5, 5.41) is 19.5. The highest BCUT2D eigenvalue weighted by molar-refractivity contribution is 6.15. The highest BCUT2D eigenvalue weighted by atomic mass is 16.5. The lowest BCUT2D eigenvalue weighted by Crippen LogP contribution is -2.35. The number of amides is 1. The Balaban J connectivity index is 1.43. The molecule has 0 spiro atoms. The SMILES string of the molecule is Cc1ccc(O)cc1Nc1ccnc2c1C(=O)Nc1cc(CN3CCOCC3)ccc1N2. The highest BCUT2D eigenvalue weighted by Gasteiger charge is 2.24. The minimum absolute atomic E-state index is 0.154. The van der Waals surface area contributed by atoms with Crippen LogP contribution in [0.1, 0.15) is 21.5 Å². The Morgan fingerprint density at radius 3 is 2.75 bits per heavy atom. The third-order valence-corrected chi connectivity index (χ3v) is 5.76. The molecule has 1 aromatic heterocycles. The fourth-order valence-electron chi connectivity index (χ4n) is 4.01. The summed E-state index contributed by atoms with van der Waals surface area (Å²) in [6.07, 6.45) is 1.65. The van der Waals surface area contributed by atoms with Crippen LogP contribution < -0.4 is 16.0 Å². The van der Waals surface area contributed by atoms with Crippen molar-refractivity contribution in [1.82, 2.24) is 9.88 Å². The summed E-state index contributed by atoms with van der Waals surface area (Å²) in [6, 6.07) is 12.9. The second-order valence-electron chi connectivity index (χ2n) is 8.05. The van der Waals surface area contributed by atoms with Crippen LogP contribution in [-0.4, -0.2) is 47.2 Å². The molecule has 8 heteroatoms. The quantitative estimate of drug-likeness (QED) is 0.496. The van der Waals surface area contributed by atoms with Crippen LogP contribution in [0.5, 0.6) is 5.75 Å². The molecule has 4 N–H and O–H groups in total. The van der Waals surface area contributed by atoms with E-state index < -0.39 is 0 Å². The first-order valence-electron chi connectivity index (χ1n) is 10.6. The number of carbonyl (C=O) groups is 1. The second kappa shape index (κ2) is 8.49. The fraction of sp³-hybridized carbons (Fsp3) is 0.250. The summed E-state index contributed by atoms with van der Waals surface area (Å²) in [4.78, 5) is 20.0. The second-order valence-corrected chi connectivity index (χ2v) is 8.05. The number of carbonyl (C=O) groups excluding carboxylic acids is 1. The molecule has 2 aromatic carbocycles. The van der Waals surface area contributed by atoms with E-state index in [1.807, 2.05) is 25.1 Å². The number of phenols is 1. The number of aromatic nitrogens is 1. The van der Waals surface area contributed by atoms with E-state index in [0.29, 0.717) is 17.1 Å². The number of anilines is 5. The zero-order chi connectivity index (χ0) is 22.1. The maximum absolute atomic E-state index is 13.2. The summed E-state index contributed by atoms with van der Waals surface area (Å²) in [7, 11) is 0. The first kappa shape index (κ1) is 20.3. The Bertz CT molecular complexity index is 1170. The summed E-state index contributed by atoms with van der Waals surface area (Å²) in [5.41, 5.74) is 5.34. The zero-order valence-electron chi connectivity index (χ0n) is 17.8. The molecule has 8 nitrogen and oxygen atoms in total. The Morgan fingerprint density at radius 1 is 1.06 bits per heavy atom. The first-order valence-corrected chi connectivity index (χ1v) is 10.6. The summed E-state index contributed by atoms with van der Waals surface area (Å²) >= 11 is 0. The molecule has 0 atom stereocenters. The number of morpholine rings is 1. The average molecular weight is 431 g/mol. The molecule has 0 aliphatic carbocycles. The minimum atomic E-state index is -0.247. The molecule has 3 aromatic rings. The molecule has 2 aliphatic rings. The van der Waals surface area contributed by atoms with Crippen LogP contribution in [0.4, 0.5) is 28.6 Å². The molecular formula is C24H25N5O3. The number of aromatic hydroxyl groups is 1. The fourth-order valence-corrected chi connectivity index (χ4v) is 4.01. The number of nitrogens with zero attached hydrogens (tertiary/aromatic N) is 2. The number of phenolic OH excluding ortho intramolecular Hbond substituents is 1. The molecule has 1 saturated heterocycles. The van der Waals surface area contributed by atoms with Crippen LogP contribution in [-0.2, 0) is 11.3 Å². The number of fused-ring (bicyclic) bond motifs is 2. The molecule has 1 amide bonds. The van der Waals surface area contributed by atoms with Crippen LogP contribution in [0.25, 0.3) is 0 Å².